The molecule has 1 unspecified atom stereocenters. The molecule has 1 aromatic rings. The fraction of sp³-hybridized carbons (Fsp3) is 0.579. The molecule has 0 N–H and O–H groups in total. The molecule has 0 bridgehead atoms. The van der Waals surface area contributed by atoms with Crippen LogP contribution >= 0.6 is 0 Å². The maximum Gasteiger partial charge on any atom is 0.305 e. The number of carbonyl (C=O) groups is 2. The summed E-state index contributed by atoms with van der Waals surface area (Å²) in [5.41, 5.74) is 1.18. The van der Waals surface area contributed by atoms with Gasteiger partial charge in [0.2, 0.25) is 5.91 Å². The number of nitrogens with zero attached hydrogens (tertiary/aromatic N) is 1. The summed E-state index contributed by atoms with van der Waals surface area (Å²) in [5.74, 6) is 1.76. The molecule has 6 heteroatoms. The van der Waals surface area contributed by atoms with Gasteiger partial charge in [0.25, 0.3) is 0 Å². The van der Waals surface area contributed by atoms with Crippen molar-refractivity contribution in [1.82, 2.24) is 4.90 Å². The van der Waals surface area contributed by atoms with Crippen LogP contribution < -0.4 is 9.47 Å². The molecule has 0 aliphatic carbocycles. The van der Waals surface area contributed by atoms with Crippen LogP contribution in [0.2, 0.25) is 0 Å². The van der Waals surface area contributed by atoms with Gasteiger partial charge in [-0.1, -0.05) is 6.07 Å². The van der Waals surface area contributed by atoms with Gasteiger partial charge >= 0.3 is 5.97 Å². The number of hydrogen-bond acceptors (Lipinski definition) is 5. The van der Waals surface area contributed by atoms with Gasteiger partial charge in [-0.25, -0.2) is 0 Å². The second kappa shape index (κ2) is 9.30. The van der Waals surface area contributed by atoms with Crippen molar-refractivity contribution in [3.8, 4) is 11.5 Å². The zero-order chi connectivity index (χ0) is 18.2. The highest BCUT2D eigenvalue weighted by Gasteiger charge is 2.26. The zero-order valence-electron chi connectivity index (χ0n) is 15.2. The standard InChI is InChI=1S/C19H27NO5/c1-23-16-8-7-14(12-17(16)24-2)11-15-9-10-20(13-15)18(21)5-4-6-19(22)25-3/h7-8,12,15H,4-6,9-11,13H2,1-3H3. The molecule has 138 valence electrons. The van der Waals surface area contributed by atoms with Gasteiger partial charge in [0.1, 0.15) is 0 Å². The molecular weight excluding hydrogens is 322 g/mol. The quantitative estimate of drug-likeness (QED) is 0.675. The summed E-state index contributed by atoms with van der Waals surface area (Å²) in [6, 6.07) is 5.96. The first-order valence-electron chi connectivity index (χ1n) is 8.62. The molecule has 1 saturated heterocycles. The van der Waals surface area contributed by atoms with E-state index in [1.54, 1.807) is 14.2 Å². The van der Waals surface area contributed by atoms with Gasteiger partial charge < -0.3 is 19.1 Å². The lowest BCUT2D eigenvalue weighted by atomic mass is 9.98. The molecular formula is C19H27NO5. The van der Waals surface area contributed by atoms with E-state index in [0.717, 1.165) is 37.4 Å². The molecule has 2 rings (SSSR count). The lowest BCUT2D eigenvalue weighted by Crippen LogP contribution is -2.28. The lowest BCUT2D eigenvalue weighted by molar-refractivity contribution is -0.140. The van der Waals surface area contributed by atoms with Crippen LogP contribution in [0.5, 0.6) is 11.5 Å². The maximum absolute atomic E-state index is 12.2. The minimum Gasteiger partial charge on any atom is -0.493 e. The normalized spacial score (nSPS) is 16.6. The number of amides is 1. The SMILES string of the molecule is COC(=O)CCCC(=O)N1CCC(Cc2ccc(OC)c(OC)c2)C1. The van der Waals surface area contributed by atoms with Gasteiger partial charge in [-0.3, -0.25) is 9.59 Å². The number of esters is 1. The molecule has 1 amide bonds. The average molecular weight is 349 g/mol. The van der Waals surface area contributed by atoms with Crippen LogP contribution in [0.25, 0.3) is 0 Å². The van der Waals surface area contributed by atoms with E-state index >= 15 is 0 Å². The van der Waals surface area contributed by atoms with Gasteiger partial charge in [-0.2, -0.15) is 0 Å². The first-order chi connectivity index (χ1) is 12.1. The molecule has 6 nitrogen and oxygen atoms in total. The van der Waals surface area contributed by atoms with Crippen molar-refractivity contribution in [3.05, 3.63) is 23.8 Å². The van der Waals surface area contributed by atoms with E-state index in [1.807, 2.05) is 23.1 Å². The van der Waals surface area contributed by atoms with Crippen molar-refractivity contribution in [2.24, 2.45) is 5.92 Å². The number of likely N-dealkylation sites (tertiary alicyclic amines) is 1. The number of ether oxygens (including phenoxy) is 3. The van der Waals surface area contributed by atoms with Crippen molar-refractivity contribution in [2.75, 3.05) is 34.4 Å². The Labute approximate surface area is 149 Å². The Morgan fingerprint density at radius 2 is 1.88 bits per heavy atom. The van der Waals surface area contributed by atoms with Crippen LogP contribution in [0.15, 0.2) is 18.2 Å². The van der Waals surface area contributed by atoms with Gasteiger partial charge in [-0.05, 0) is 42.9 Å². The molecule has 0 aromatic heterocycles. The maximum atomic E-state index is 12.2. The molecule has 0 radical (unpaired) electrons. The molecule has 0 spiro atoms. The van der Waals surface area contributed by atoms with Crippen molar-refractivity contribution >= 4 is 11.9 Å². The molecule has 1 atom stereocenters. The summed E-state index contributed by atoms with van der Waals surface area (Å²) in [6.45, 7) is 1.56. The smallest absolute Gasteiger partial charge is 0.305 e. The van der Waals surface area contributed by atoms with Crippen LogP contribution in [0.4, 0.5) is 0 Å². The summed E-state index contributed by atoms with van der Waals surface area (Å²) < 4.78 is 15.2. The number of rotatable bonds is 8. The van der Waals surface area contributed by atoms with E-state index in [-0.39, 0.29) is 11.9 Å². The van der Waals surface area contributed by atoms with Gasteiger partial charge in [0, 0.05) is 25.9 Å². The molecule has 25 heavy (non-hydrogen) atoms. The minimum atomic E-state index is -0.263. The van der Waals surface area contributed by atoms with Gasteiger partial charge in [-0.15, -0.1) is 0 Å². The molecule has 1 aromatic carbocycles. The minimum absolute atomic E-state index is 0.124. The third-order valence-corrected chi connectivity index (χ3v) is 4.61. The fourth-order valence-electron chi connectivity index (χ4n) is 3.21. The van der Waals surface area contributed by atoms with Crippen LogP contribution in [-0.4, -0.2) is 51.2 Å². The largest absolute Gasteiger partial charge is 0.493 e. The Morgan fingerprint density at radius 3 is 2.56 bits per heavy atom. The van der Waals surface area contributed by atoms with Crippen LogP contribution in [0.1, 0.15) is 31.2 Å². The van der Waals surface area contributed by atoms with Crippen molar-refractivity contribution in [3.63, 3.8) is 0 Å². The number of hydrogen-bond donors (Lipinski definition) is 0. The van der Waals surface area contributed by atoms with E-state index in [4.69, 9.17) is 9.47 Å². The Balaban J connectivity index is 1.82. The Bertz CT molecular complexity index is 601. The zero-order valence-corrected chi connectivity index (χ0v) is 15.2. The summed E-state index contributed by atoms with van der Waals surface area (Å²) >= 11 is 0. The summed E-state index contributed by atoms with van der Waals surface area (Å²) in [5, 5.41) is 0. The Morgan fingerprint density at radius 1 is 1.12 bits per heavy atom. The topological polar surface area (TPSA) is 65.1 Å². The van der Waals surface area contributed by atoms with Gasteiger partial charge in [0.15, 0.2) is 11.5 Å². The first kappa shape index (κ1) is 19.1. The van der Waals surface area contributed by atoms with Crippen LogP contribution in [0, 0.1) is 5.92 Å². The second-order valence-electron chi connectivity index (χ2n) is 6.32. The van der Waals surface area contributed by atoms with Gasteiger partial charge in [0.05, 0.1) is 21.3 Å². The van der Waals surface area contributed by atoms with Crippen LogP contribution in [0.3, 0.4) is 0 Å². The monoisotopic (exact) mass is 349 g/mol. The molecule has 0 saturated carbocycles. The van der Waals surface area contributed by atoms with E-state index in [2.05, 4.69) is 4.74 Å². The summed E-state index contributed by atoms with van der Waals surface area (Å²) in [6.07, 6.45) is 3.15. The highest BCUT2D eigenvalue weighted by Crippen LogP contribution is 2.30. The third-order valence-electron chi connectivity index (χ3n) is 4.61. The predicted octanol–water partition coefficient (Wildman–Crippen LogP) is 2.44. The predicted molar refractivity (Wildman–Crippen MR) is 93.8 cm³/mol. The third kappa shape index (κ3) is 5.37. The van der Waals surface area contributed by atoms with Crippen molar-refractivity contribution in [2.45, 2.75) is 32.1 Å². The summed E-state index contributed by atoms with van der Waals surface area (Å²) in [4.78, 5) is 25.2. The van der Waals surface area contributed by atoms with Crippen molar-refractivity contribution < 1.29 is 23.8 Å². The molecule has 1 heterocycles. The molecule has 1 aliphatic heterocycles. The highest BCUT2D eigenvalue weighted by atomic mass is 16.5. The van der Waals surface area contributed by atoms with Crippen molar-refractivity contribution in [1.29, 1.82) is 0 Å². The second-order valence-corrected chi connectivity index (χ2v) is 6.32. The van der Waals surface area contributed by atoms with E-state index in [0.29, 0.717) is 25.2 Å². The highest BCUT2D eigenvalue weighted by molar-refractivity contribution is 5.77. The Hall–Kier alpha value is -2.24. The molecule has 1 fully saturated rings. The number of methoxy groups -OCH3 is 3. The lowest BCUT2D eigenvalue weighted by Gasteiger charge is -2.17. The fourth-order valence-corrected chi connectivity index (χ4v) is 3.21. The van der Waals surface area contributed by atoms with E-state index in [9.17, 15) is 9.59 Å². The average Bonchev–Trinajstić information content (AvgIpc) is 3.09. The first-order valence-corrected chi connectivity index (χ1v) is 8.62. The number of carbonyl (C=O) groups excluding carboxylic acids is 2. The molecule has 1 aliphatic rings. The van der Waals surface area contributed by atoms with E-state index < -0.39 is 0 Å². The Kier molecular flexibility index (Phi) is 7.10. The number of benzene rings is 1. The van der Waals surface area contributed by atoms with Crippen LogP contribution in [-0.2, 0) is 20.7 Å². The van der Waals surface area contributed by atoms with E-state index in [1.165, 1.54) is 12.7 Å². The summed E-state index contributed by atoms with van der Waals surface area (Å²) in [7, 11) is 4.62.